The Hall–Kier alpha value is -1.66. The van der Waals surface area contributed by atoms with Crippen LogP contribution in [0.1, 0.15) is 43.2 Å². The lowest BCUT2D eigenvalue weighted by Gasteiger charge is -2.28. The molecule has 1 aromatic carbocycles. The van der Waals surface area contributed by atoms with Crippen LogP contribution in [0.2, 0.25) is 0 Å². The third-order valence-electron chi connectivity index (χ3n) is 4.81. The van der Waals surface area contributed by atoms with Gasteiger partial charge in [0.15, 0.2) is 0 Å². The predicted octanol–water partition coefficient (Wildman–Crippen LogP) is 1.94. The molecule has 1 aromatic rings. The highest BCUT2D eigenvalue weighted by atomic mass is 32.2. The van der Waals surface area contributed by atoms with Crippen molar-refractivity contribution < 1.29 is 13.2 Å². The fraction of sp³-hybridized carbons (Fsp3) is 0.471. The van der Waals surface area contributed by atoms with Gasteiger partial charge in [0.25, 0.3) is 0 Å². The second-order valence-electron chi connectivity index (χ2n) is 6.38. The smallest absolute Gasteiger partial charge is 0.236 e. The zero-order chi connectivity index (χ0) is 16.4. The van der Waals surface area contributed by atoms with E-state index in [1.165, 1.54) is 5.56 Å². The zero-order valence-electron chi connectivity index (χ0n) is 13.0. The number of aryl methyl sites for hydroxylation is 1. The van der Waals surface area contributed by atoms with Gasteiger partial charge in [-0.05, 0) is 55.7 Å². The van der Waals surface area contributed by atoms with Gasteiger partial charge in [-0.2, -0.15) is 0 Å². The molecule has 0 spiro atoms. The van der Waals surface area contributed by atoms with Crippen LogP contribution < -0.4 is 10.5 Å². The molecule has 3 rings (SSSR count). The summed E-state index contributed by atoms with van der Waals surface area (Å²) in [6.07, 6.45) is 5.69. The summed E-state index contributed by atoms with van der Waals surface area (Å²) in [6, 6.07) is 7.77. The van der Waals surface area contributed by atoms with Gasteiger partial charge in [-0.1, -0.05) is 24.3 Å². The van der Waals surface area contributed by atoms with Crippen LogP contribution in [0.4, 0.5) is 0 Å². The molecule has 0 saturated heterocycles. The van der Waals surface area contributed by atoms with Crippen LogP contribution in [0.15, 0.2) is 29.2 Å². The summed E-state index contributed by atoms with van der Waals surface area (Å²) >= 11 is 0. The maximum atomic E-state index is 12.6. The van der Waals surface area contributed by atoms with Crippen LogP contribution in [0.5, 0.6) is 0 Å². The van der Waals surface area contributed by atoms with Gasteiger partial charge in [0, 0.05) is 12.0 Å². The van der Waals surface area contributed by atoms with Crippen molar-refractivity contribution in [2.24, 2.45) is 11.7 Å². The highest BCUT2D eigenvalue weighted by Crippen LogP contribution is 2.29. The lowest BCUT2D eigenvalue weighted by Crippen LogP contribution is -2.40. The standard InChI is InChI=1S/C17H22N2O3S/c18-17(20)13-5-8-15(9-6-13)19-23(21,22)16-10-7-12-3-1-2-4-14(12)11-16/h1-4,11,13,15,19H,5-10H2,(H2,18,20). The minimum Gasteiger partial charge on any atom is -0.369 e. The number of nitrogens with two attached hydrogens (primary N) is 1. The highest BCUT2D eigenvalue weighted by Gasteiger charge is 2.29. The van der Waals surface area contributed by atoms with Crippen molar-refractivity contribution in [2.45, 2.75) is 44.6 Å². The summed E-state index contributed by atoms with van der Waals surface area (Å²) in [5.74, 6) is -0.394. The van der Waals surface area contributed by atoms with Crippen molar-refractivity contribution in [3.8, 4) is 0 Å². The summed E-state index contributed by atoms with van der Waals surface area (Å²) in [4.78, 5) is 11.6. The molecule has 2 aliphatic carbocycles. The molecule has 1 saturated carbocycles. The second kappa shape index (κ2) is 6.45. The van der Waals surface area contributed by atoms with Gasteiger partial charge in [0.1, 0.15) is 0 Å². The van der Waals surface area contributed by atoms with Gasteiger partial charge in [-0.25, -0.2) is 13.1 Å². The molecule has 23 heavy (non-hydrogen) atoms. The van der Waals surface area contributed by atoms with E-state index in [4.69, 9.17) is 5.73 Å². The summed E-state index contributed by atoms with van der Waals surface area (Å²) in [7, 11) is -3.47. The third kappa shape index (κ3) is 3.64. The summed E-state index contributed by atoms with van der Waals surface area (Å²) in [6.45, 7) is 0. The SMILES string of the molecule is NC(=O)C1CCC(NS(=O)(=O)C2=Cc3ccccc3CC2)CC1. The summed E-state index contributed by atoms with van der Waals surface area (Å²) in [5.41, 5.74) is 7.49. The molecule has 1 amide bonds. The molecular weight excluding hydrogens is 312 g/mol. The Labute approximate surface area is 137 Å². The van der Waals surface area contributed by atoms with Crippen molar-refractivity contribution in [2.75, 3.05) is 0 Å². The molecule has 3 N–H and O–H groups in total. The Morgan fingerprint density at radius 3 is 2.48 bits per heavy atom. The molecule has 0 atom stereocenters. The van der Waals surface area contributed by atoms with Gasteiger partial charge < -0.3 is 5.73 Å². The Bertz CT molecular complexity index is 732. The Morgan fingerprint density at radius 1 is 1.09 bits per heavy atom. The summed E-state index contributed by atoms with van der Waals surface area (Å²) in [5, 5.41) is 0. The van der Waals surface area contributed by atoms with Gasteiger partial charge >= 0.3 is 0 Å². The topological polar surface area (TPSA) is 89.3 Å². The van der Waals surface area contributed by atoms with Crippen molar-refractivity contribution >= 4 is 22.0 Å². The molecular formula is C17H22N2O3S. The van der Waals surface area contributed by atoms with Crippen molar-refractivity contribution in [3.05, 3.63) is 40.3 Å². The van der Waals surface area contributed by atoms with E-state index in [9.17, 15) is 13.2 Å². The summed E-state index contributed by atoms with van der Waals surface area (Å²) < 4.78 is 28.0. The normalized spacial score (nSPS) is 24.6. The third-order valence-corrected chi connectivity index (χ3v) is 6.46. The average molecular weight is 334 g/mol. The van der Waals surface area contributed by atoms with Crippen LogP contribution in [0.25, 0.3) is 6.08 Å². The number of fused-ring (bicyclic) bond motifs is 1. The first-order valence-corrected chi connectivity index (χ1v) is 9.54. The van der Waals surface area contributed by atoms with Crippen LogP contribution >= 0.6 is 0 Å². The fourth-order valence-electron chi connectivity index (χ4n) is 3.41. The van der Waals surface area contributed by atoms with Gasteiger partial charge in [-0.15, -0.1) is 0 Å². The number of hydrogen-bond donors (Lipinski definition) is 2. The van der Waals surface area contributed by atoms with Crippen LogP contribution in [-0.4, -0.2) is 20.4 Å². The highest BCUT2D eigenvalue weighted by molar-refractivity contribution is 7.93. The van der Waals surface area contributed by atoms with Gasteiger partial charge in [0.05, 0.1) is 4.91 Å². The van der Waals surface area contributed by atoms with E-state index in [-0.39, 0.29) is 17.9 Å². The number of hydrogen-bond acceptors (Lipinski definition) is 3. The second-order valence-corrected chi connectivity index (χ2v) is 8.15. The van der Waals surface area contributed by atoms with E-state index in [0.717, 1.165) is 12.0 Å². The number of rotatable bonds is 4. The number of sulfonamides is 1. The van der Waals surface area contributed by atoms with Crippen molar-refractivity contribution in [3.63, 3.8) is 0 Å². The fourth-order valence-corrected chi connectivity index (χ4v) is 4.89. The van der Waals surface area contributed by atoms with E-state index < -0.39 is 10.0 Å². The number of carbonyl (C=O) groups is 1. The molecule has 0 bridgehead atoms. The molecule has 0 aliphatic heterocycles. The largest absolute Gasteiger partial charge is 0.369 e. The van der Waals surface area contributed by atoms with Gasteiger partial charge in [0.2, 0.25) is 15.9 Å². The van der Waals surface area contributed by atoms with Gasteiger partial charge in [-0.3, -0.25) is 4.79 Å². The van der Waals surface area contributed by atoms with E-state index in [0.29, 0.717) is 37.0 Å². The first kappa shape index (κ1) is 16.2. The first-order chi connectivity index (χ1) is 11.0. The number of carbonyl (C=O) groups excluding carboxylic acids is 1. The minimum atomic E-state index is -3.47. The molecule has 124 valence electrons. The van der Waals surface area contributed by atoms with Crippen molar-refractivity contribution in [1.82, 2.24) is 4.72 Å². The molecule has 6 heteroatoms. The lowest BCUT2D eigenvalue weighted by molar-refractivity contribution is -0.122. The number of benzene rings is 1. The molecule has 2 aliphatic rings. The number of primary amides is 1. The Balaban J connectivity index is 1.69. The molecule has 0 unspecified atom stereocenters. The quantitative estimate of drug-likeness (QED) is 0.882. The first-order valence-electron chi connectivity index (χ1n) is 8.06. The number of amides is 1. The van der Waals surface area contributed by atoms with Crippen LogP contribution in [0, 0.1) is 5.92 Å². The van der Waals surface area contributed by atoms with E-state index in [2.05, 4.69) is 4.72 Å². The molecule has 0 aromatic heterocycles. The maximum Gasteiger partial charge on any atom is 0.236 e. The van der Waals surface area contributed by atoms with Crippen molar-refractivity contribution in [1.29, 1.82) is 0 Å². The predicted molar refractivity (Wildman–Crippen MR) is 89.7 cm³/mol. The molecule has 1 fully saturated rings. The average Bonchev–Trinajstić information content (AvgIpc) is 2.54. The molecule has 0 heterocycles. The van der Waals surface area contributed by atoms with E-state index in [1.54, 1.807) is 6.08 Å². The zero-order valence-corrected chi connectivity index (χ0v) is 13.8. The molecule has 5 nitrogen and oxygen atoms in total. The Kier molecular flexibility index (Phi) is 4.55. The Morgan fingerprint density at radius 2 is 1.78 bits per heavy atom. The van der Waals surface area contributed by atoms with Crippen LogP contribution in [-0.2, 0) is 21.2 Å². The number of allylic oxidation sites excluding steroid dienone is 1. The maximum absolute atomic E-state index is 12.6. The molecule has 0 radical (unpaired) electrons. The minimum absolute atomic E-state index is 0.103. The van der Waals surface area contributed by atoms with E-state index >= 15 is 0 Å². The van der Waals surface area contributed by atoms with Crippen LogP contribution in [0.3, 0.4) is 0 Å². The lowest BCUT2D eigenvalue weighted by atomic mass is 9.86. The monoisotopic (exact) mass is 334 g/mol. The number of nitrogens with one attached hydrogen (secondary N) is 1. The van der Waals surface area contributed by atoms with E-state index in [1.807, 2.05) is 24.3 Å².